The Kier molecular flexibility index (Phi) is 3.45. The van der Waals surface area contributed by atoms with Crippen molar-refractivity contribution in [3.05, 3.63) is 46.2 Å². The highest BCUT2D eigenvalue weighted by molar-refractivity contribution is 6.31. The minimum atomic E-state index is 0.0497. The highest BCUT2D eigenvalue weighted by atomic mass is 35.5. The van der Waals surface area contributed by atoms with E-state index in [2.05, 4.69) is 21.7 Å². The SMILES string of the molecule is CNC(c1cccc(Cl)c1C)c1cnnn1C. The van der Waals surface area contributed by atoms with Gasteiger partial charge < -0.3 is 5.32 Å². The minimum Gasteiger partial charge on any atom is -0.308 e. The number of hydrogen-bond donors (Lipinski definition) is 1. The van der Waals surface area contributed by atoms with Crippen LogP contribution in [0.3, 0.4) is 0 Å². The maximum atomic E-state index is 6.15. The summed E-state index contributed by atoms with van der Waals surface area (Å²) in [5, 5.41) is 11.9. The van der Waals surface area contributed by atoms with Gasteiger partial charge in [-0.3, -0.25) is 4.68 Å². The van der Waals surface area contributed by atoms with E-state index in [0.717, 1.165) is 21.8 Å². The smallest absolute Gasteiger partial charge is 0.0798 e. The predicted molar refractivity (Wildman–Crippen MR) is 68.1 cm³/mol. The van der Waals surface area contributed by atoms with E-state index in [1.54, 1.807) is 10.9 Å². The van der Waals surface area contributed by atoms with Gasteiger partial charge in [-0.1, -0.05) is 28.9 Å². The Hall–Kier alpha value is -1.39. The van der Waals surface area contributed by atoms with E-state index in [-0.39, 0.29) is 6.04 Å². The fraction of sp³-hybridized carbons (Fsp3) is 0.333. The summed E-state index contributed by atoms with van der Waals surface area (Å²) in [6.07, 6.45) is 1.77. The zero-order valence-electron chi connectivity index (χ0n) is 10.1. The van der Waals surface area contributed by atoms with E-state index < -0.39 is 0 Å². The molecule has 1 N–H and O–H groups in total. The highest BCUT2D eigenvalue weighted by Gasteiger charge is 2.18. The van der Waals surface area contributed by atoms with E-state index in [1.807, 2.05) is 33.2 Å². The quantitative estimate of drug-likeness (QED) is 0.907. The van der Waals surface area contributed by atoms with Crippen LogP contribution in [0.5, 0.6) is 0 Å². The molecule has 2 rings (SSSR count). The van der Waals surface area contributed by atoms with Crippen LogP contribution in [-0.2, 0) is 7.05 Å². The Balaban J connectivity index is 2.50. The Morgan fingerprint density at radius 1 is 1.41 bits per heavy atom. The maximum absolute atomic E-state index is 6.15. The zero-order chi connectivity index (χ0) is 12.4. The first-order chi connectivity index (χ1) is 8.15. The molecule has 1 unspecified atom stereocenters. The molecule has 0 radical (unpaired) electrons. The highest BCUT2D eigenvalue weighted by Crippen LogP contribution is 2.27. The second-order valence-electron chi connectivity index (χ2n) is 3.96. The molecule has 0 spiro atoms. The lowest BCUT2D eigenvalue weighted by atomic mass is 9.99. The molecule has 0 aliphatic carbocycles. The Labute approximate surface area is 106 Å². The van der Waals surface area contributed by atoms with E-state index in [0.29, 0.717) is 0 Å². The van der Waals surface area contributed by atoms with E-state index in [9.17, 15) is 0 Å². The van der Waals surface area contributed by atoms with Gasteiger partial charge >= 0.3 is 0 Å². The lowest BCUT2D eigenvalue weighted by Crippen LogP contribution is -2.21. The van der Waals surface area contributed by atoms with Crippen molar-refractivity contribution < 1.29 is 0 Å². The van der Waals surface area contributed by atoms with Crippen molar-refractivity contribution in [2.75, 3.05) is 7.05 Å². The first-order valence-electron chi connectivity index (χ1n) is 5.42. The maximum Gasteiger partial charge on any atom is 0.0798 e. The van der Waals surface area contributed by atoms with Crippen molar-refractivity contribution in [2.45, 2.75) is 13.0 Å². The van der Waals surface area contributed by atoms with Crippen LogP contribution in [0.2, 0.25) is 5.02 Å². The van der Waals surface area contributed by atoms with Gasteiger partial charge in [0.25, 0.3) is 0 Å². The number of benzene rings is 1. The second kappa shape index (κ2) is 4.85. The summed E-state index contributed by atoms with van der Waals surface area (Å²) in [6, 6.07) is 5.97. The molecule has 1 heterocycles. The van der Waals surface area contributed by atoms with Crippen molar-refractivity contribution in [2.24, 2.45) is 7.05 Å². The average molecular weight is 251 g/mol. The molecule has 0 saturated carbocycles. The molecule has 5 heteroatoms. The van der Waals surface area contributed by atoms with Gasteiger partial charge in [-0.2, -0.15) is 0 Å². The Bertz CT molecular complexity index is 521. The lowest BCUT2D eigenvalue weighted by Gasteiger charge is -2.19. The van der Waals surface area contributed by atoms with Crippen LogP contribution in [-0.4, -0.2) is 22.0 Å². The van der Waals surface area contributed by atoms with E-state index >= 15 is 0 Å². The van der Waals surface area contributed by atoms with Crippen molar-refractivity contribution in [1.29, 1.82) is 0 Å². The molecule has 0 bridgehead atoms. The van der Waals surface area contributed by atoms with Gasteiger partial charge in [0.15, 0.2) is 0 Å². The molecule has 0 amide bonds. The van der Waals surface area contributed by atoms with Crippen LogP contribution in [0, 0.1) is 6.92 Å². The lowest BCUT2D eigenvalue weighted by molar-refractivity contribution is 0.596. The van der Waals surface area contributed by atoms with Gasteiger partial charge in [0.2, 0.25) is 0 Å². The first-order valence-corrected chi connectivity index (χ1v) is 5.79. The molecule has 1 atom stereocenters. The van der Waals surface area contributed by atoms with Crippen LogP contribution in [0.4, 0.5) is 0 Å². The molecule has 2 aromatic rings. The Morgan fingerprint density at radius 2 is 2.18 bits per heavy atom. The number of hydrogen-bond acceptors (Lipinski definition) is 3. The summed E-state index contributed by atoms with van der Waals surface area (Å²) < 4.78 is 1.77. The summed E-state index contributed by atoms with van der Waals surface area (Å²) >= 11 is 6.15. The predicted octanol–water partition coefficient (Wildman–Crippen LogP) is 2.09. The van der Waals surface area contributed by atoms with Crippen LogP contribution in [0.1, 0.15) is 22.9 Å². The molecule has 0 fully saturated rings. The molecule has 1 aromatic carbocycles. The van der Waals surface area contributed by atoms with Crippen LogP contribution >= 0.6 is 11.6 Å². The average Bonchev–Trinajstić information content (AvgIpc) is 2.72. The van der Waals surface area contributed by atoms with Gasteiger partial charge in [0.05, 0.1) is 17.9 Å². The van der Waals surface area contributed by atoms with Crippen molar-refractivity contribution in [1.82, 2.24) is 20.3 Å². The first kappa shape index (κ1) is 12.1. The number of nitrogens with one attached hydrogen (secondary N) is 1. The van der Waals surface area contributed by atoms with Crippen molar-refractivity contribution >= 4 is 11.6 Å². The molecule has 0 aliphatic heterocycles. The third-order valence-electron chi connectivity index (χ3n) is 2.95. The summed E-state index contributed by atoms with van der Waals surface area (Å²) in [6.45, 7) is 2.02. The second-order valence-corrected chi connectivity index (χ2v) is 4.37. The van der Waals surface area contributed by atoms with Gasteiger partial charge in [-0.25, -0.2) is 0 Å². The molecule has 0 saturated heterocycles. The zero-order valence-corrected chi connectivity index (χ0v) is 10.9. The van der Waals surface area contributed by atoms with Gasteiger partial charge in [0.1, 0.15) is 0 Å². The minimum absolute atomic E-state index is 0.0497. The molecule has 17 heavy (non-hydrogen) atoms. The van der Waals surface area contributed by atoms with Gasteiger partial charge in [0, 0.05) is 12.1 Å². The number of nitrogens with zero attached hydrogens (tertiary/aromatic N) is 3. The monoisotopic (exact) mass is 250 g/mol. The summed E-state index contributed by atoms with van der Waals surface area (Å²) in [7, 11) is 3.80. The van der Waals surface area contributed by atoms with Crippen LogP contribution < -0.4 is 5.32 Å². The van der Waals surface area contributed by atoms with Crippen molar-refractivity contribution in [3.63, 3.8) is 0 Å². The van der Waals surface area contributed by atoms with E-state index in [1.165, 1.54) is 0 Å². The Morgan fingerprint density at radius 3 is 2.76 bits per heavy atom. The summed E-state index contributed by atoms with van der Waals surface area (Å²) in [5.74, 6) is 0. The van der Waals surface area contributed by atoms with Crippen LogP contribution in [0.15, 0.2) is 24.4 Å². The molecule has 1 aromatic heterocycles. The number of aryl methyl sites for hydroxylation is 1. The molecule has 0 aliphatic rings. The topological polar surface area (TPSA) is 42.7 Å². The summed E-state index contributed by atoms with van der Waals surface area (Å²) in [5.41, 5.74) is 3.23. The molecular formula is C12H15ClN4. The van der Waals surface area contributed by atoms with Gasteiger partial charge in [-0.15, -0.1) is 5.10 Å². The third-order valence-corrected chi connectivity index (χ3v) is 3.36. The standard InChI is InChI=1S/C12H15ClN4/c1-8-9(5-4-6-10(8)13)12(14-2)11-7-15-16-17(11)3/h4-7,12,14H,1-3H3. The number of aromatic nitrogens is 3. The largest absolute Gasteiger partial charge is 0.308 e. The fourth-order valence-corrected chi connectivity index (χ4v) is 2.14. The fourth-order valence-electron chi connectivity index (χ4n) is 1.96. The summed E-state index contributed by atoms with van der Waals surface area (Å²) in [4.78, 5) is 0. The molecule has 4 nitrogen and oxygen atoms in total. The van der Waals surface area contributed by atoms with Gasteiger partial charge in [-0.05, 0) is 31.2 Å². The molecular weight excluding hydrogens is 236 g/mol. The number of rotatable bonds is 3. The van der Waals surface area contributed by atoms with E-state index in [4.69, 9.17) is 11.6 Å². The number of halogens is 1. The molecule has 90 valence electrons. The third kappa shape index (κ3) is 2.18. The van der Waals surface area contributed by atoms with Crippen LogP contribution in [0.25, 0.3) is 0 Å². The van der Waals surface area contributed by atoms with Crippen molar-refractivity contribution in [3.8, 4) is 0 Å². The normalized spacial score (nSPS) is 12.7.